The topological polar surface area (TPSA) is 29.5 Å². The van der Waals surface area contributed by atoms with E-state index in [2.05, 4.69) is 0 Å². The normalized spacial score (nSPS) is 22.4. The molecule has 0 saturated carbocycles. The Hall–Kier alpha value is -1.72. The number of alkyl halides is 3. The monoisotopic (exact) mass is 315 g/mol. The number of benzene rings is 1. The van der Waals surface area contributed by atoms with Crippen LogP contribution in [0.4, 0.5) is 18.0 Å². The van der Waals surface area contributed by atoms with Crippen LogP contribution in [0.25, 0.3) is 0 Å². The highest BCUT2D eigenvalue weighted by Gasteiger charge is 2.40. The van der Waals surface area contributed by atoms with Crippen molar-refractivity contribution >= 4 is 6.09 Å². The van der Waals surface area contributed by atoms with Crippen molar-refractivity contribution in [2.45, 2.75) is 52.6 Å². The van der Waals surface area contributed by atoms with Gasteiger partial charge in [0.25, 0.3) is 0 Å². The molecule has 0 radical (unpaired) electrons. The molecule has 1 aliphatic heterocycles. The minimum absolute atomic E-state index is 0.119. The van der Waals surface area contributed by atoms with Gasteiger partial charge in [-0.05, 0) is 37.5 Å². The number of hydrogen-bond acceptors (Lipinski definition) is 2. The number of amides is 1. The summed E-state index contributed by atoms with van der Waals surface area (Å²) in [6.07, 6.45) is -5.10. The zero-order valence-electron chi connectivity index (χ0n) is 13.1. The first-order chi connectivity index (χ1) is 10.1. The molecule has 0 bridgehead atoms. The van der Waals surface area contributed by atoms with Gasteiger partial charge in [-0.1, -0.05) is 25.5 Å². The van der Waals surface area contributed by atoms with Crippen LogP contribution in [0.1, 0.15) is 37.5 Å². The van der Waals surface area contributed by atoms with Crippen LogP contribution in [0.15, 0.2) is 18.2 Å². The zero-order valence-corrected chi connectivity index (χ0v) is 13.1. The van der Waals surface area contributed by atoms with Crippen LogP contribution in [0.5, 0.6) is 0 Å². The van der Waals surface area contributed by atoms with Gasteiger partial charge in [0.1, 0.15) is 6.10 Å². The van der Waals surface area contributed by atoms with Crippen LogP contribution >= 0.6 is 0 Å². The highest BCUT2D eigenvalue weighted by Crippen LogP contribution is 2.32. The molecule has 6 heteroatoms. The van der Waals surface area contributed by atoms with Crippen molar-refractivity contribution in [3.05, 3.63) is 34.9 Å². The lowest BCUT2D eigenvalue weighted by Gasteiger charge is -2.23. The molecule has 0 unspecified atom stereocenters. The van der Waals surface area contributed by atoms with Crippen molar-refractivity contribution in [2.75, 3.05) is 0 Å². The summed E-state index contributed by atoms with van der Waals surface area (Å²) < 4.78 is 43.9. The van der Waals surface area contributed by atoms with Gasteiger partial charge in [-0.3, -0.25) is 4.90 Å². The lowest BCUT2D eigenvalue weighted by atomic mass is 10.00. The molecule has 0 aliphatic carbocycles. The van der Waals surface area contributed by atoms with Gasteiger partial charge in [0.15, 0.2) is 0 Å². The number of halogens is 3. The van der Waals surface area contributed by atoms with Gasteiger partial charge in [0.2, 0.25) is 0 Å². The Balaban J connectivity index is 2.24. The first-order valence-corrected chi connectivity index (χ1v) is 7.24. The van der Waals surface area contributed by atoms with Gasteiger partial charge in [0, 0.05) is 6.54 Å². The van der Waals surface area contributed by atoms with Crippen LogP contribution < -0.4 is 0 Å². The van der Waals surface area contributed by atoms with E-state index in [1.54, 1.807) is 13.0 Å². The summed E-state index contributed by atoms with van der Waals surface area (Å²) in [5.74, 6) is 0.159. The second-order valence-electron chi connectivity index (χ2n) is 6.17. The fraction of sp³-hybridized carbons (Fsp3) is 0.562. The smallest absolute Gasteiger partial charge is 0.416 e. The van der Waals surface area contributed by atoms with Crippen LogP contribution in [0.2, 0.25) is 0 Å². The van der Waals surface area contributed by atoms with Crippen LogP contribution in [-0.2, 0) is 17.5 Å². The maximum atomic E-state index is 12.9. The summed E-state index contributed by atoms with van der Waals surface area (Å²) in [5.41, 5.74) is 0.286. The molecule has 1 heterocycles. The second kappa shape index (κ2) is 5.82. The quantitative estimate of drug-likeness (QED) is 0.828. The number of hydrogen-bond donors (Lipinski definition) is 0. The lowest BCUT2D eigenvalue weighted by Crippen LogP contribution is -2.35. The molecule has 3 nitrogen and oxygen atoms in total. The predicted molar refractivity (Wildman–Crippen MR) is 76.3 cm³/mol. The Morgan fingerprint density at radius 3 is 2.41 bits per heavy atom. The SMILES string of the molecule is Cc1cc(CN2C(=O)O[C@H](C(C)C)[C@H]2C)cc(C(F)(F)F)c1. The van der Waals surface area contributed by atoms with Gasteiger partial charge < -0.3 is 4.74 Å². The highest BCUT2D eigenvalue weighted by atomic mass is 19.4. The molecule has 1 aliphatic rings. The molecule has 2 atom stereocenters. The molecule has 0 aromatic heterocycles. The van der Waals surface area contributed by atoms with E-state index >= 15 is 0 Å². The molecule has 1 aromatic carbocycles. The van der Waals surface area contributed by atoms with Gasteiger partial charge in [-0.2, -0.15) is 13.2 Å². The number of carbonyl (C=O) groups is 1. The third kappa shape index (κ3) is 3.36. The Morgan fingerprint density at radius 2 is 1.91 bits per heavy atom. The maximum Gasteiger partial charge on any atom is 0.416 e. The zero-order chi connectivity index (χ0) is 16.7. The number of aryl methyl sites for hydroxylation is 1. The first-order valence-electron chi connectivity index (χ1n) is 7.24. The molecule has 1 aromatic rings. The van der Waals surface area contributed by atoms with E-state index in [0.29, 0.717) is 11.1 Å². The first kappa shape index (κ1) is 16.6. The third-order valence-corrected chi connectivity index (χ3v) is 3.91. The summed E-state index contributed by atoms with van der Waals surface area (Å²) in [4.78, 5) is 13.4. The Morgan fingerprint density at radius 1 is 1.27 bits per heavy atom. The maximum absolute atomic E-state index is 12.9. The van der Waals surface area contributed by atoms with Gasteiger partial charge >= 0.3 is 12.3 Å². The summed E-state index contributed by atoms with van der Waals surface area (Å²) >= 11 is 0. The molecule has 22 heavy (non-hydrogen) atoms. The molecule has 1 fully saturated rings. The number of ether oxygens (including phenoxy) is 1. The standard InChI is InChI=1S/C16H20F3NO2/c1-9(2)14-11(4)20(15(21)22-14)8-12-5-10(3)6-13(7-12)16(17,18)19/h5-7,9,11,14H,8H2,1-4H3/t11-,14-/m1/s1. The predicted octanol–water partition coefficient (Wildman–Crippen LogP) is 4.38. The molecule has 0 N–H and O–H groups in total. The summed E-state index contributed by atoms with van der Waals surface area (Å²) in [6, 6.07) is 3.70. The van der Waals surface area contributed by atoms with Crippen LogP contribution in [0.3, 0.4) is 0 Å². The van der Waals surface area contributed by atoms with E-state index in [1.807, 2.05) is 20.8 Å². The van der Waals surface area contributed by atoms with Crippen LogP contribution in [0, 0.1) is 12.8 Å². The van der Waals surface area contributed by atoms with E-state index in [9.17, 15) is 18.0 Å². The van der Waals surface area contributed by atoms with E-state index in [-0.39, 0.29) is 24.6 Å². The second-order valence-corrected chi connectivity index (χ2v) is 6.17. The molecular formula is C16H20F3NO2. The fourth-order valence-electron chi connectivity index (χ4n) is 2.84. The van der Waals surface area contributed by atoms with E-state index in [1.165, 1.54) is 4.90 Å². The Bertz CT molecular complexity index is 569. The van der Waals surface area contributed by atoms with E-state index in [4.69, 9.17) is 4.74 Å². The van der Waals surface area contributed by atoms with Gasteiger partial charge in [0.05, 0.1) is 11.6 Å². The van der Waals surface area contributed by atoms with Gasteiger partial charge in [-0.15, -0.1) is 0 Å². The number of nitrogens with zero attached hydrogens (tertiary/aromatic N) is 1. The van der Waals surface area contributed by atoms with Crippen molar-refractivity contribution in [3.63, 3.8) is 0 Å². The molecular weight excluding hydrogens is 295 g/mol. The minimum atomic E-state index is -4.39. The molecule has 0 spiro atoms. The number of cyclic esters (lactones) is 1. The van der Waals surface area contributed by atoms with Crippen molar-refractivity contribution in [1.29, 1.82) is 0 Å². The Kier molecular flexibility index (Phi) is 4.40. The lowest BCUT2D eigenvalue weighted by molar-refractivity contribution is -0.137. The fourth-order valence-corrected chi connectivity index (χ4v) is 2.84. The molecule has 122 valence electrons. The molecule has 1 amide bonds. The summed E-state index contributed by atoms with van der Waals surface area (Å²) in [7, 11) is 0. The average Bonchev–Trinajstić information content (AvgIpc) is 2.65. The highest BCUT2D eigenvalue weighted by molar-refractivity contribution is 5.70. The molecule has 2 rings (SSSR count). The van der Waals surface area contributed by atoms with Crippen molar-refractivity contribution in [1.82, 2.24) is 4.90 Å². The number of carbonyl (C=O) groups excluding carboxylic acids is 1. The average molecular weight is 315 g/mol. The molecule has 1 saturated heterocycles. The Labute approximate surface area is 128 Å². The largest absolute Gasteiger partial charge is 0.444 e. The third-order valence-electron chi connectivity index (χ3n) is 3.91. The van der Waals surface area contributed by atoms with Gasteiger partial charge in [-0.25, -0.2) is 4.79 Å². The summed E-state index contributed by atoms with van der Waals surface area (Å²) in [6.45, 7) is 7.49. The van der Waals surface area contributed by atoms with E-state index < -0.39 is 17.8 Å². The minimum Gasteiger partial charge on any atom is -0.444 e. The number of rotatable bonds is 3. The summed E-state index contributed by atoms with van der Waals surface area (Å²) in [5, 5.41) is 0. The van der Waals surface area contributed by atoms with E-state index in [0.717, 1.165) is 12.1 Å². The van der Waals surface area contributed by atoms with Crippen molar-refractivity contribution in [2.24, 2.45) is 5.92 Å². The van der Waals surface area contributed by atoms with Crippen LogP contribution in [-0.4, -0.2) is 23.1 Å². The van der Waals surface area contributed by atoms with Crippen molar-refractivity contribution < 1.29 is 22.7 Å². The van der Waals surface area contributed by atoms with Crippen molar-refractivity contribution in [3.8, 4) is 0 Å².